The van der Waals surface area contributed by atoms with Crippen molar-refractivity contribution in [2.24, 2.45) is 5.41 Å². The van der Waals surface area contributed by atoms with Gasteiger partial charge in [-0.15, -0.1) is 0 Å². The van der Waals surface area contributed by atoms with E-state index in [1.807, 2.05) is 0 Å². The number of amides is 3. The number of likely N-dealkylation sites (tertiary alicyclic amines) is 1. The molecule has 240 valence electrons. The summed E-state index contributed by atoms with van der Waals surface area (Å²) in [5.74, 6) is -2.63. The Hall–Kier alpha value is -3.88. The highest BCUT2D eigenvalue weighted by atomic mass is 19.3. The Balaban J connectivity index is 1.15. The lowest BCUT2D eigenvalue weighted by molar-refractivity contribution is -0.0760. The number of carbonyl (C=O) groups excluding carboxylic acids is 2. The summed E-state index contributed by atoms with van der Waals surface area (Å²) in [6.07, 6.45) is 9.31. The molecule has 1 spiro atoms. The molecular weight excluding hydrogens is 576 g/mol. The molecule has 0 bridgehead atoms. The molecule has 2 aromatic heterocycles. The molecule has 15 heteroatoms. The van der Waals surface area contributed by atoms with Gasteiger partial charge >= 0.3 is 12.1 Å². The number of urea groups is 1. The maximum Gasteiger partial charge on any atom is 0.414 e. The number of halogens is 2. The molecule has 3 amide bonds. The van der Waals surface area contributed by atoms with E-state index in [-0.39, 0.29) is 42.7 Å². The van der Waals surface area contributed by atoms with Crippen LogP contribution in [-0.4, -0.2) is 107 Å². The summed E-state index contributed by atoms with van der Waals surface area (Å²) in [6, 6.07) is -0.767. The van der Waals surface area contributed by atoms with Crippen molar-refractivity contribution < 1.29 is 27.8 Å². The lowest BCUT2D eigenvalue weighted by Crippen LogP contribution is -2.60. The molecule has 1 atom stereocenters. The lowest BCUT2D eigenvalue weighted by atomic mass is 9.67. The van der Waals surface area contributed by atoms with Crippen LogP contribution in [0.3, 0.4) is 0 Å². The van der Waals surface area contributed by atoms with Crippen molar-refractivity contribution in [2.75, 3.05) is 57.1 Å². The fourth-order valence-electron chi connectivity index (χ4n) is 6.21. The van der Waals surface area contributed by atoms with Gasteiger partial charge in [-0.05, 0) is 71.0 Å². The zero-order valence-electron chi connectivity index (χ0n) is 25.5. The van der Waals surface area contributed by atoms with Gasteiger partial charge in [-0.25, -0.2) is 33.3 Å². The van der Waals surface area contributed by atoms with Crippen molar-refractivity contribution in [1.29, 1.82) is 0 Å². The molecule has 2 saturated heterocycles. The number of likely N-dealkylation sites (N-methyl/N-ethyl adjacent to an activating group) is 1. The highest BCUT2D eigenvalue weighted by molar-refractivity contribution is 5.88. The first-order valence-corrected chi connectivity index (χ1v) is 15.2. The molecule has 0 radical (unpaired) electrons. The maximum atomic E-state index is 15.0. The van der Waals surface area contributed by atoms with E-state index in [1.54, 1.807) is 11.8 Å². The van der Waals surface area contributed by atoms with Crippen molar-refractivity contribution >= 4 is 23.9 Å². The van der Waals surface area contributed by atoms with E-state index in [0.717, 1.165) is 43.7 Å². The number of alkyl halides is 2. The Morgan fingerprint density at radius 2 is 1.80 bits per heavy atom. The van der Waals surface area contributed by atoms with Crippen LogP contribution in [0, 0.1) is 5.41 Å². The molecule has 13 nitrogen and oxygen atoms in total. The molecule has 3 fully saturated rings. The summed E-state index contributed by atoms with van der Waals surface area (Å²) >= 11 is 0. The molecule has 0 unspecified atom stereocenters. The third-order valence-electron chi connectivity index (χ3n) is 9.05. The van der Waals surface area contributed by atoms with Crippen LogP contribution in [0.1, 0.15) is 51.9 Å². The van der Waals surface area contributed by atoms with Crippen LogP contribution < -0.4 is 25.0 Å². The predicted molar refractivity (Wildman–Crippen MR) is 158 cm³/mol. The van der Waals surface area contributed by atoms with Crippen LogP contribution in [0.5, 0.6) is 11.8 Å². The van der Waals surface area contributed by atoms with E-state index in [2.05, 4.69) is 42.5 Å². The van der Waals surface area contributed by atoms with Gasteiger partial charge in [0.25, 0.3) is 5.92 Å². The fourth-order valence-corrected chi connectivity index (χ4v) is 6.21. The SMILES string of the molecule is CCOc1cnc(NC(=O)N(C)[C@H]2CN(c3nccc(OC(=O)NC4CCC5(CC4)CCN(C)CC5)n3)CCC2(F)F)cn1. The summed E-state index contributed by atoms with van der Waals surface area (Å²) < 4.78 is 40.8. The average Bonchev–Trinajstić information content (AvgIpc) is 3.01. The number of anilines is 2. The van der Waals surface area contributed by atoms with Gasteiger partial charge in [0.2, 0.25) is 17.7 Å². The molecule has 44 heavy (non-hydrogen) atoms. The van der Waals surface area contributed by atoms with Gasteiger partial charge in [-0.3, -0.25) is 5.32 Å². The number of hydrogen-bond donors (Lipinski definition) is 2. The summed E-state index contributed by atoms with van der Waals surface area (Å²) in [5, 5.41) is 5.45. The summed E-state index contributed by atoms with van der Waals surface area (Å²) in [4.78, 5) is 47.0. The van der Waals surface area contributed by atoms with Crippen molar-refractivity contribution in [1.82, 2.24) is 35.1 Å². The van der Waals surface area contributed by atoms with Gasteiger partial charge in [-0.1, -0.05) is 0 Å². The molecule has 3 aliphatic rings. The minimum atomic E-state index is -3.16. The Labute approximate surface area is 255 Å². The van der Waals surface area contributed by atoms with Crippen molar-refractivity contribution in [3.63, 3.8) is 0 Å². The molecule has 2 N–H and O–H groups in total. The van der Waals surface area contributed by atoms with Gasteiger partial charge in [0.1, 0.15) is 6.04 Å². The first kappa shape index (κ1) is 31.5. The number of ether oxygens (including phenoxy) is 2. The Morgan fingerprint density at radius 1 is 1.05 bits per heavy atom. The van der Waals surface area contributed by atoms with Crippen LogP contribution in [0.4, 0.5) is 30.1 Å². The molecule has 5 rings (SSSR count). The second-order valence-electron chi connectivity index (χ2n) is 12.0. The van der Waals surface area contributed by atoms with E-state index < -0.39 is 30.5 Å². The minimum Gasteiger partial charge on any atom is -0.477 e. The van der Waals surface area contributed by atoms with Crippen LogP contribution in [0.15, 0.2) is 24.7 Å². The third kappa shape index (κ3) is 7.60. The van der Waals surface area contributed by atoms with Gasteiger partial charge in [-0.2, -0.15) is 4.98 Å². The zero-order chi connectivity index (χ0) is 31.3. The Bertz CT molecular complexity index is 1280. The van der Waals surface area contributed by atoms with Crippen molar-refractivity contribution in [2.45, 2.75) is 69.9 Å². The quantitative estimate of drug-likeness (QED) is 0.472. The molecular formula is C29H41F2N9O4. The smallest absolute Gasteiger partial charge is 0.414 e. The van der Waals surface area contributed by atoms with Crippen molar-refractivity contribution in [3.05, 3.63) is 24.7 Å². The van der Waals surface area contributed by atoms with E-state index in [0.29, 0.717) is 12.0 Å². The second-order valence-corrected chi connectivity index (χ2v) is 12.0. The summed E-state index contributed by atoms with van der Waals surface area (Å²) in [6.45, 7) is 4.16. The van der Waals surface area contributed by atoms with Crippen LogP contribution in [0.2, 0.25) is 0 Å². The molecule has 1 aliphatic carbocycles. The van der Waals surface area contributed by atoms with Crippen LogP contribution in [-0.2, 0) is 0 Å². The maximum absolute atomic E-state index is 15.0. The largest absolute Gasteiger partial charge is 0.477 e. The number of nitrogens with one attached hydrogen (secondary N) is 2. The molecule has 4 heterocycles. The summed E-state index contributed by atoms with van der Waals surface area (Å²) in [5.41, 5.74) is 0.386. The number of hydrogen-bond acceptors (Lipinski definition) is 10. The number of piperidine rings is 2. The van der Waals surface area contributed by atoms with Crippen LogP contribution in [0.25, 0.3) is 0 Å². The minimum absolute atomic E-state index is 0.0177. The summed E-state index contributed by atoms with van der Waals surface area (Å²) in [7, 11) is 3.45. The lowest BCUT2D eigenvalue weighted by Gasteiger charge is -2.45. The Kier molecular flexibility index (Phi) is 9.61. The van der Waals surface area contributed by atoms with Gasteiger partial charge in [0, 0.05) is 44.9 Å². The molecule has 2 aliphatic heterocycles. The highest BCUT2D eigenvalue weighted by Gasteiger charge is 2.48. The average molecular weight is 618 g/mol. The highest BCUT2D eigenvalue weighted by Crippen LogP contribution is 2.44. The van der Waals surface area contributed by atoms with Crippen LogP contribution >= 0.6 is 0 Å². The van der Waals surface area contributed by atoms with Crippen molar-refractivity contribution in [3.8, 4) is 11.8 Å². The Morgan fingerprint density at radius 3 is 2.48 bits per heavy atom. The topological polar surface area (TPSA) is 138 Å². The molecule has 0 aromatic carbocycles. The van der Waals surface area contributed by atoms with E-state index >= 15 is 8.78 Å². The normalized spacial score (nSPS) is 21.8. The first-order valence-electron chi connectivity index (χ1n) is 15.2. The third-order valence-corrected chi connectivity index (χ3v) is 9.05. The number of aromatic nitrogens is 4. The van der Waals surface area contributed by atoms with E-state index in [4.69, 9.17) is 9.47 Å². The fraction of sp³-hybridized carbons (Fsp3) is 0.655. The monoisotopic (exact) mass is 617 g/mol. The zero-order valence-corrected chi connectivity index (χ0v) is 25.5. The molecule has 2 aromatic rings. The number of nitrogens with zero attached hydrogens (tertiary/aromatic N) is 7. The van der Waals surface area contributed by atoms with Gasteiger partial charge in [0.05, 0.1) is 19.0 Å². The second kappa shape index (κ2) is 13.4. The van der Waals surface area contributed by atoms with E-state index in [1.165, 1.54) is 44.5 Å². The van der Waals surface area contributed by atoms with Gasteiger partial charge < -0.3 is 29.5 Å². The number of carbonyl (C=O) groups is 2. The first-order chi connectivity index (χ1) is 21.1. The number of rotatable bonds is 7. The van der Waals surface area contributed by atoms with Gasteiger partial charge in [0.15, 0.2) is 5.82 Å². The van der Waals surface area contributed by atoms with E-state index in [9.17, 15) is 9.59 Å². The standard InChI is InChI=1S/C29H41F2N9O4/c1-4-43-24-18-33-22(17-34-24)36-26(41)39(3)21-19-40(16-12-29(21,30)31)25-32-13-7-23(37-25)44-27(42)35-20-5-8-28(9-6-20)10-14-38(2)15-11-28/h7,13,17-18,20-21H,4-6,8-12,14-16,19H2,1-3H3,(H,35,42)(H,33,36,41)/t21-/m0/s1. The molecule has 1 saturated carbocycles. The predicted octanol–water partition coefficient (Wildman–Crippen LogP) is 3.79.